The van der Waals surface area contributed by atoms with Gasteiger partial charge in [0.05, 0.1) is 11.6 Å². The number of benzene rings is 1. The van der Waals surface area contributed by atoms with Crippen LogP contribution in [0.1, 0.15) is 40.7 Å². The lowest BCUT2D eigenvalue weighted by Gasteiger charge is -2.19. The molecule has 1 aromatic carbocycles. The van der Waals surface area contributed by atoms with Crippen molar-refractivity contribution in [1.29, 1.82) is 0 Å². The van der Waals surface area contributed by atoms with Crippen LogP contribution in [0.25, 0.3) is 0 Å². The highest BCUT2D eigenvalue weighted by atomic mass is 16.4. The van der Waals surface area contributed by atoms with Gasteiger partial charge in [-0.05, 0) is 63.4 Å². The maximum atomic E-state index is 11.0. The summed E-state index contributed by atoms with van der Waals surface area (Å²) in [7, 11) is 0. The van der Waals surface area contributed by atoms with Gasteiger partial charge in [0.1, 0.15) is 6.29 Å². The summed E-state index contributed by atoms with van der Waals surface area (Å²) >= 11 is 0. The molecule has 1 N–H and O–H groups in total. The van der Waals surface area contributed by atoms with E-state index in [2.05, 4.69) is 4.90 Å². The molecule has 4 nitrogen and oxygen atoms in total. The Labute approximate surface area is 119 Å². The van der Waals surface area contributed by atoms with Crippen LogP contribution in [0, 0.1) is 6.92 Å². The molecule has 0 aromatic heterocycles. The number of rotatable bonds is 6. The zero-order chi connectivity index (χ0) is 14.5. The second-order valence-corrected chi connectivity index (χ2v) is 5.50. The number of carbonyl (C=O) groups excluding carboxylic acids is 1. The van der Waals surface area contributed by atoms with Gasteiger partial charge in [-0.2, -0.15) is 0 Å². The van der Waals surface area contributed by atoms with Crippen molar-refractivity contribution >= 4 is 12.3 Å². The van der Waals surface area contributed by atoms with Crippen LogP contribution in [0.15, 0.2) is 18.2 Å². The first kappa shape index (κ1) is 14.7. The summed E-state index contributed by atoms with van der Waals surface area (Å²) in [6.45, 7) is 3.82. The zero-order valence-electron chi connectivity index (χ0n) is 11.8. The summed E-state index contributed by atoms with van der Waals surface area (Å²) in [6, 6.07) is 5.56. The van der Waals surface area contributed by atoms with Gasteiger partial charge < -0.3 is 9.90 Å². The molecule has 0 saturated carbocycles. The van der Waals surface area contributed by atoms with Crippen LogP contribution in [0.2, 0.25) is 0 Å². The van der Waals surface area contributed by atoms with E-state index in [-0.39, 0.29) is 6.04 Å². The van der Waals surface area contributed by atoms with Gasteiger partial charge in [-0.15, -0.1) is 0 Å². The van der Waals surface area contributed by atoms with Crippen molar-refractivity contribution in [3.8, 4) is 0 Å². The Bertz CT molecular complexity index is 498. The summed E-state index contributed by atoms with van der Waals surface area (Å²) in [5.41, 5.74) is 2.39. The number of aryl methyl sites for hydroxylation is 2. The molecule has 1 aliphatic heterocycles. The maximum absolute atomic E-state index is 11.0. The van der Waals surface area contributed by atoms with Crippen LogP contribution in [-0.2, 0) is 11.2 Å². The van der Waals surface area contributed by atoms with Crippen molar-refractivity contribution in [3.63, 3.8) is 0 Å². The molecule has 0 aliphatic carbocycles. The Morgan fingerprint density at radius 3 is 2.95 bits per heavy atom. The van der Waals surface area contributed by atoms with Gasteiger partial charge in [-0.25, -0.2) is 4.79 Å². The van der Waals surface area contributed by atoms with Crippen LogP contribution < -0.4 is 0 Å². The molecule has 0 spiro atoms. The summed E-state index contributed by atoms with van der Waals surface area (Å²) in [4.78, 5) is 24.2. The molecule has 0 radical (unpaired) electrons. The Kier molecular flexibility index (Phi) is 4.90. The molecular weight excluding hydrogens is 254 g/mol. The predicted octanol–water partition coefficient (Wildman–Crippen LogP) is 2.29. The van der Waals surface area contributed by atoms with Gasteiger partial charge in [0.15, 0.2) is 0 Å². The molecule has 0 bridgehead atoms. The maximum Gasteiger partial charge on any atom is 0.335 e. The number of hydrogen-bond acceptors (Lipinski definition) is 3. The van der Waals surface area contributed by atoms with E-state index in [1.807, 2.05) is 13.0 Å². The van der Waals surface area contributed by atoms with E-state index in [1.165, 1.54) is 0 Å². The number of carboxylic acids is 1. The molecule has 20 heavy (non-hydrogen) atoms. The summed E-state index contributed by atoms with van der Waals surface area (Å²) in [5.74, 6) is -0.879. The monoisotopic (exact) mass is 275 g/mol. The number of hydrogen-bond donors (Lipinski definition) is 1. The smallest absolute Gasteiger partial charge is 0.335 e. The lowest BCUT2D eigenvalue weighted by molar-refractivity contribution is -0.111. The van der Waals surface area contributed by atoms with Crippen LogP contribution in [0.3, 0.4) is 0 Å². The van der Waals surface area contributed by atoms with E-state index in [1.54, 1.807) is 12.1 Å². The Balaban J connectivity index is 1.91. The average Bonchev–Trinajstić information content (AvgIpc) is 2.85. The highest BCUT2D eigenvalue weighted by molar-refractivity contribution is 5.88. The topological polar surface area (TPSA) is 57.6 Å². The normalized spacial score (nSPS) is 19.1. The van der Waals surface area contributed by atoms with E-state index in [0.29, 0.717) is 5.56 Å². The van der Waals surface area contributed by atoms with Crippen LogP contribution in [0.4, 0.5) is 0 Å². The number of carboxylic acid groups (broad SMARTS) is 1. The van der Waals surface area contributed by atoms with Gasteiger partial charge in [-0.1, -0.05) is 11.6 Å². The number of nitrogens with zero attached hydrogens (tertiary/aromatic N) is 1. The fourth-order valence-electron chi connectivity index (χ4n) is 2.90. The fraction of sp³-hybridized carbons (Fsp3) is 0.500. The third-order valence-electron chi connectivity index (χ3n) is 3.87. The number of likely N-dealkylation sites (tertiary alicyclic amines) is 1. The summed E-state index contributed by atoms with van der Waals surface area (Å²) in [6.07, 6.45) is 4.91. The lowest BCUT2D eigenvalue weighted by atomic mass is 10.0. The molecule has 0 amide bonds. The van der Waals surface area contributed by atoms with Crippen molar-refractivity contribution in [2.24, 2.45) is 0 Å². The minimum atomic E-state index is -0.879. The molecule has 108 valence electrons. The van der Waals surface area contributed by atoms with E-state index in [9.17, 15) is 9.59 Å². The molecule has 1 fully saturated rings. The first-order chi connectivity index (χ1) is 9.60. The molecule has 1 atom stereocenters. The van der Waals surface area contributed by atoms with Crippen molar-refractivity contribution in [2.75, 3.05) is 13.1 Å². The quantitative estimate of drug-likeness (QED) is 0.809. The zero-order valence-corrected chi connectivity index (χ0v) is 11.8. The fourth-order valence-corrected chi connectivity index (χ4v) is 2.90. The van der Waals surface area contributed by atoms with Gasteiger partial charge in [0, 0.05) is 0 Å². The highest BCUT2D eigenvalue weighted by Gasteiger charge is 2.22. The molecular formula is C16H21NO3. The Hall–Kier alpha value is -1.68. The first-order valence-corrected chi connectivity index (χ1v) is 7.13. The predicted molar refractivity (Wildman–Crippen MR) is 77.1 cm³/mol. The van der Waals surface area contributed by atoms with Gasteiger partial charge in [0.2, 0.25) is 0 Å². The van der Waals surface area contributed by atoms with Crippen molar-refractivity contribution in [2.45, 2.75) is 38.6 Å². The minimum absolute atomic E-state index is 0.0853. The third kappa shape index (κ3) is 3.67. The number of aldehydes is 1. The van der Waals surface area contributed by atoms with Crippen LogP contribution >= 0.6 is 0 Å². The molecule has 4 heteroatoms. The standard InChI is InChI=1S/C16H21NO3/c1-12-8-13(10-14(9-12)16(19)20)4-2-6-17-7-3-5-15(17)11-18/h8-11,15H,2-7H2,1H3,(H,19,20)/t15-/m0/s1. The van der Waals surface area contributed by atoms with E-state index >= 15 is 0 Å². The number of aromatic carboxylic acids is 1. The minimum Gasteiger partial charge on any atom is -0.478 e. The van der Waals surface area contributed by atoms with E-state index in [4.69, 9.17) is 5.11 Å². The first-order valence-electron chi connectivity index (χ1n) is 7.13. The van der Waals surface area contributed by atoms with Crippen molar-refractivity contribution in [1.82, 2.24) is 4.90 Å². The molecule has 1 aliphatic rings. The Morgan fingerprint density at radius 2 is 2.25 bits per heavy atom. The van der Waals surface area contributed by atoms with Crippen molar-refractivity contribution < 1.29 is 14.7 Å². The lowest BCUT2D eigenvalue weighted by Crippen LogP contribution is -2.31. The third-order valence-corrected chi connectivity index (χ3v) is 3.87. The molecule has 1 saturated heterocycles. The van der Waals surface area contributed by atoms with Crippen LogP contribution in [-0.4, -0.2) is 41.4 Å². The van der Waals surface area contributed by atoms with E-state index < -0.39 is 5.97 Å². The van der Waals surface area contributed by atoms with Crippen molar-refractivity contribution in [3.05, 3.63) is 34.9 Å². The summed E-state index contributed by atoms with van der Waals surface area (Å²) < 4.78 is 0. The van der Waals surface area contributed by atoms with Gasteiger partial charge in [-0.3, -0.25) is 4.90 Å². The van der Waals surface area contributed by atoms with E-state index in [0.717, 1.165) is 56.2 Å². The largest absolute Gasteiger partial charge is 0.478 e. The average molecular weight is 275 g/mol. The Morgan fingerprint density at radius 1 is 1.45 bits per heavy atom. The molecule has 2 rings (SSSR count). The molecule has 0 unspecified atom stereocenters. The van der Waals surface area contributed by atoms with Gasteiger partial charge in [0.25, 0.3) is 0 Å². The van der Waals surface area contributed by atoms with Crippen LogP contribution in [0.5, 0.6) is 0 Å². The number of carbonyl (C=O) groups is 2. The highest BCUT2D eigenvalue weighted by Crippen LogP contribution is 2.17. The summed E-state index contributed by atoms with van der Waals surface area (Å²) in [5, 5.41) is 9.05. The second-order valence-electron chi connectivity index (χ2n) is 5.50. The van der Waals surface area contributed by atoms with Gasteiger partial charge >= 0.3 is 5.97 Å². The molecule has 1 heterocycles. The second kappa shape index (κ2) is 6.66. The SMILES string of the molecule is Cc1cc(CCCN2CCC[C@H]2C=O)cc(C(=O)O)c1. The molecule has 1 aromatic rings.